The van der Waals surface area contributed by atoms with Gasteiger partial charge in [-0.25, -0.2) is 14.8 Å². The molecule has 0 unspecified atom stereocenters. The Labute approximate surface area is 102 Å². The number of carboxylic acid groups (broad SMARTS) is 1. The molecule has 4 heteroatoms. The summed E-state index contributed by atoms with van der Waals surface area (Å²) < 4.78 is 0. The van der Waals surface area contributed by atoms with Crippen LogP contribution >= 0.6 is 0 Å². The van der Waals surface area contributed by atoms with Crippen molar-refractivity contribution in [1.29, 1.82) is 0 Å². The molecule has 4 nitrogen and oxygen atoms in total. The van der Waals surface area contributed by atoms with Gasteiger partial charge in [0.05, 0.1) is 11.3 Å². The summed E-state index contributed by atoms with van der Waals surface area (Å²) in [7, 11) is 0. The van der Waals surface area contributed by atoms with Crippen LogP contribution in [0.4, 0.5) is 0 Å². The number of aromatic nitrogens is 2. The van der Waals surface area contributed by atoms with Crippen molar-refractivity contribution < 1.29 is 9.90 Å². The Morgan fingerprint density at radius 2 is 2.00 bits per heavy atom. The number of aromatic carboxylic acids is 1. The second-order valence-electron chi connectivity index (χ2n) is 4.25. The van der Waals surface area contributed by atoms with Crippen molar-refractivity contribution in [2.45, 2.75) is 52.4 Å². The Kier molecular flexibility index (Phi) is 5.60. The summed E-state index contributed by atoms with van der Waals surface area (Å²) in [6.45, 7) is 3.91. The van der Waals surface area contributed by atoms with Gasteiger partial charge in [0.25, 0.3) is 0 Å². The maximum atomic E-state index is 10.8. The van der Waals surface area contributed by atoms with Gasteiger partial charge in [0.15, 0.2) is 0 Å². The normalized spacial score (nSPS) is 10.5. The average molecular weight is 236 g/mol. The van der Waals surface area contributed by atoms with Crippen LogP contribution in [-0.4, -0.2) is 21.0 Å². The second kappa shape index (κ2) is 6.99. The SMILES string of the molecule is CCCCCCCc1ncc(C(=O)O)c(C)n1. The Morgan fingerprint density at radius 1 is 1.29 bits per heavy atom. The molecular weight excluding hydrogens is 216 g/mol. The zero-order valence-corrected chi connectivity index (χ0v) is 10.6. The van der Waals surface area contributed by atoms with E-state index < -0.39 is 5.97 Å². The third kappa shape index (κ3) is 4.51. The third-order valence-corrected chi connectivity index (χ3v) is 2.76. The molecule has 0 fully saturated rings. The molecule has 1 heterocycles. The monoisotopic (exact) mass is 236 g/mol. The van der Waals surface area contributed by atoms with E-state index in [2.05, 4.69) is 16.9 Å². The van der Waals surface area contributed by atoms with Crippen molar-refractivity contribution in [3.8, 4) is 0 Å². The maximum absolute atomic E-state index is 10.8. The van der Waals surface area contributed by atoms with Gasteiger partial charge in [-0.1, -0.05) is 32.6 Å². The lowest BCUT2D eigenvalue weighted by Crippen LogP contribution is -2.06. The lowest BCUT2D eigenvalue weighted by atomic mass is 10.1. The van der Waals surface area contributed by atoms with Crippen molar-refractivity contribution >= 4 is 5.97 Å². The highest BCUT2D eigenvalue weighted by atomic mass is 16.4. The number of carboxylic acids is 1. The molecule has 1 aromatic heterocycles. The van der Waals surface area contributed by atoms with Gasteiger partial charge in [0.2, 0.25) is 0 Å². The number of unbranched alkanes of at least 4 members (excludes halogenated alkanes) is 4. The smallest absolute Gasteiger partial charge is 0.339 e. The van der Waals surface area contributed by atoms with E-state index in [9.17, 15) is 4.79 Å². The molecule has 0 aliphatic heterocycles. The quantitative estimate of drug-likeness (QED) is 0.739. The zero-order chi connectivity index (χ0) is 12.7. The fourth-order valence-corrected chi connectivity index (χ4v) is 1.73. The first kappa shape index (κ1) is 13.6. The molecule has 0 saturated heterocycles. The highest BCUT2D eigenvalue weighted by Crippen LogP contribution is 2.08. The molecule has 94 valence electrons. The number of rotatable bonds is 7. The average Bonchev–Trinajstić information content (AvgIpc) is 2.28. The van der Waals surface area contributed by atoms with Crippen LogP contribution in [0.1, 0.15) is 60.9 Å². The van der Waals surface area contributed by atoms with E-state index in [0.29, 0.717) is 5.69 Å². The predicted molar refractivity (Wildman–Crippen MR) is 66.2 cm³/mol. The maximum Gasteiger partial charge on any atom is 0.339 e. The first-order valence-corrected chi connectivity index (χ1v) is 6.21. The minimum atomic E-state index is -0.961. The van der Waals surface area contributed by atoms with Crippen LogP contribution in [0.3, 0.4) is 0 Å². The largest absolute Gasteiger partial charge is 0.478 e. The Balaban J connectivity index is 2.45. The summed E-state index contributed by atoms with van der Waals surface area (Å²) >= 11 is 0. The molecule has 1 N–H and O–H groups in total. The van der Waals surface area contributed by atoms with Crippen LogP contribution in [0, 0.1) is 6.92 Å². The molecule has 0 aromatic carbocycles. The third-order valence-electron chi connectivity index (χ3n) is 2.76. The first-order chi connectivity index (χ1) is 8.15. The highest BCUT2D eigenvalue weighted by molar-refractivity contribution is 5.88. The van der Waals surface area contributed by atoms with Crippen LogP contribution in [0.5, 0.6) is 0 Å². The lowest BCUT2D eigenvalue weighted by molar-refractivity contribution is 0.0695. The van der Waals surface area contributed by atoms with Gasteiger partial charge in [-0.05, 0) is 13.3 Å². The van der Waals surface area contributed by atoms with E-state index in [-0.39, 0.29) is 5.56 Å². The van der Waals surface area contributed by atoms with Gasteiger partial charge >= 0.3 is 5.97 Å². The molecule has 0 atom stereocenters. The number of carbonyl (C=O) groups is 1. The van der Waals surface area contributed by atoms with Crippen molar-refractivity contribution in [2.24, 2.45) is 0 Å². The Morgan fingerprint density at radius 3 is 2.59 bits per heavy atom. The van der Waals surface area contributed by atoms with Crippen molar-refractivity contribution in [3.63, 3.8) is 0 Å². The van der Waals surface area contributed by atoms with E-state index in [0.717, 1.165) is 18.7 Å². The fourth-order valence-electron chi connectivity index (χ4n) is 1.73. The summed E-state index contributed by atoms with van der Waals surface area (Å²) in [5.74, 6) is -0.207. The van der Waals surface area contributed by atoms with Crippen molar-refractivity contribution in [1.82, 2.24) is 9.97 Å². The van der Waals surface area contributed by atoms with Crippen LogP contribution in [0.2, 0.25) is 0 Å². The molecular formula is C13H20N2O2. The van der Waals surface area contributed by atoms with Gasteiger partial charge in [0, 0.05) is 12.6 Å². The predicted octanol–water partition coefficient (Wildman–Crippen LogP) is 3.00. The Hall–Kier alpha value is -1.45. The molecule has 0 spiro atoms. The van der Waals surface area contributed by atoms with E-state index in [1.807, 2.05) is 0 Å². The number of nitrogens with zero attached hydrogens (tertiary/aromatic N) is 2. The summed E-state index contributed by atoms with van der Waals surface area (Å²) in [5.41, 5.74) is 0.746. The van der Waals surface area contributed by atoms with Gasteiger partial charge in [-0.15, -0.1) is 0 Å². The molecule has 0 bridgehead atoms. The molecule has 0 radical (unpaired) electrons. The van der Waals surface area contributed by atoms with Crippen LogP contribution in [0.25, 0.3) is 0 Å². The van der Waals surface area contributed by atoms with Gasteiger partial charge in [-0.3, -0.25) is 0 Å². The van der Waals surface area contributed by atoms with E-state index in [1.54, 1.807) is 6.92 Å². The molecule has 1 aromatic rings. The summed E-state index contributed by atoms with van der Waals surface area (Å²) in [6.07, 6.45) is 8.28. The van der Waals surface area contributed by atoms with E-state index in [1.165, 1.54) is 31.9 Å². The van der Waals surface area contributed by atoms with Crippen LogP contribution in [0.15, 0.2) is 6.20 Å². The summed E-state index contributed by atoms with van der Waals surface area (Å²) in [6, 6.07) is 0. The minimum Gasteiger partial charge on any atom is -0.478 e. The van der Waals surface area contributed by atoms with Gasteiger partial charge < -0.3 is 5.11 Å². The molecule has 1 rings (SSSR count). The zero-order valence-electron chi connectivity index (χ0n) is 10.6. The first-order valence-electron chi connectivity index (χ1n) is 6.21. The number of hydrogen-bond donors (Lipinski definition) is 1. The van der Waals surface area contributed by atoms with Gasteiger partial charge in [-0.2, -0.15) is 0 Å². The molecule has 17 heavy (non-hydrogen) atoms. The topological polar surface area (TPSA) is 63.1 Å². The van der Waals surface area contributed by atoms with E-state index in [4.69, 9.17) is 5.11 Å². The van der Waals surface area contributed by atoms with Gasteiger partial charge in [0.1, 0.15) is 5.82 Å². The fraction of sp³-hybridized carbons (Fsp3) is 0.615. The number of hydrogen-bond acceptors (Lipinski definition) is 3. The minimum absolute atomic E-state index is 0.194. The summed E-state index contributed by atoms with van der Waals surface area (Å²) in [5, 5.41) is 8.85. The highest BCUT2D eigenvalue weighted by Gasteiger charge is 2.09. The molecule has 0 aliphatic carbocycles. The molecule has 0 aliphatic rings. The molecule has 0 amide bonds. The standard InChI is InChI=1S/C13H20N2O2/c1-3-4-5-6-7-8-12-14-9-11(13(16)17)10(2)15-12/h9H,3-8H2,1-2H3,(H,16,17). The van der Waals surface area contributed by atoms with Crippen LogP contribution < -0.4 is 0 Å². The second-order valence-corrected chi connectivity index (χ2v) is 4.25. The lowest BCUT2D eigenvalue weighted by Gasteiger charge is -2.03. The Bertz CT molecular complexity index is 378. The van der Waals surface area contributed by atoms with Crippen molar-refractivity contribution in [3.05, 3.63) is 23.3 Å². The van der Waals surface area contributed by atoms with Crippen molar-refractivity contribution in [2.75, 3.05) is 0 Å². The summed E-state index contributed by atoms with van der Waals surface area (Å²) in [4.78, 5) is 19.1. The van der Waals surface area contributed by atoms with Crippen LogP contribution in [-0.2, 0) is 6.42 Å². The van der Waals surface area contributed by atoms with E-state index >= 15 is 0 Å². The number of aryl methyl sites for hydroxylation is 2. The molecule has 0 saturated carbocycles.